The van der Waals surface area contributed by atoms with Crippen LogP contribution < -0.4 is 4.74 Å². The summed E-state index contributed by atoms with van der Waals surface area (Å²) in [6, 6.07) is 24.1. The fourth-order valence-corrected chi connectivity index (χ4v) is 3.41. The van der Waals surface area contributed by atoms with Gasteiger partial charge in [0.2, 0.25) is 5.60 Å². The molecule has 0 aromatic heterocycles. The SMILES string of the molecule is CCOC(=O)C(C)(Cc1ccc(CC)cc1)Oc1ccc(C(=O)c2ccccc2)cc1. The first-order chi connectivity index (χ1) is 14.9. The number of hydrogen-bond donors (Lipinski definition) is 0. The van der Waals surface area contributed by atoms with Gasteiger partial charge in [-0.25, -0.2) is 4.79 Å². The maximum atomic E-state index is 12.8. The molecule has 0 N–H and O–H groups in total. The van der Waals surface area contributed by atoms with Gasteiger partial charge < -0.3 is 9.47 Å². The van der Waals surface area contributed by atoms with Gasteiger partial charge in [-0.05, 0) is 55.7 Å². The van der Waals surface area contributed by atoms with Crippen LogP contribution in [0.1, 0.15) is 47.8 Å². The molecule has 0 saturated heterocycles. The van der Waals surface area contributed by atoms with Crippen LogP contribution in [-0.4, -0.2) is 24.0 Å². The Morgan fingerprint density at radius 2 is 1.35 bits per heavy atom. The molecule has 0 saturated carbocycles. The van der Waals surface area contributed by atoms with Crippen LogP contribution in [0.25, 0.3) is 0 Å². The van der Waals surface area contributed by atoms with Crippen molar-refractivity contribution in [2.75, 3.05) is 6.61 Å². The lowest BCUT2D eigenvalue weighted by Crippen LogP contribution is -2.45. The lowest BCUT2D eigenvalue weighted by atomic mass is 9.95. The third-order valence-electron chi connectivity index (χ3n) is 5.18. The molecule has 0 spiro atoms. The van der Waals surface area contributed by atoms with Crippen molar-refractivity contribution in [1.29, 1.82) is 0 Å². The van der Waals surface area contributed by atoms with Crippen molar-refractivity contribution in [2.24, 2.45) is 0 Å². The first kappa shape index (κ1) is 22.3. The predicted octanol–water partition coefficient (Wildman–Crippen LogP) is 5.42. The minimum Gasteiger partial charge on any atom is -0.476 e. The molecule has 3 aromatic rings. The van der Waals surface area contributed by atoms with Gasteiger partial charge in [0.1, 0.15) is 5.75 Å². The predicted molar refractivity (Wildman–Crippen MR) is 122 cm³/mol. The van der Waals surface area contributed by atoms with Gasteiger partial charge in [0.25, 0.3) is 0 Å². The number of rotatable bonds is 9. The summed E-state index contributed by atoms with van der Waals surface area (Å²) in [7, 11) is 0. The molecule has 0 bridgehead atoms. The van der Waals surface area contributed by atoms with Gasteiger partial charge in [0.05, 0.1) is 6.61 Å². The summed E-state index contributed by atoms with van der Waals surface area (Å²) in [5.41, 5.74) is 2.23. The van der Waals surface area contributed by atoms with Crippen LogP contribution in [0.4, 0.5) is 0 Å². The molecular weight excluding hydrogens is 388 g/mol. The standard InChI is InChI=1S/C27H28O4/c1-4-20-11-13-21(14-12-20)19-27(3,26(29)30-5-2)31-24-17-15-23(16-18-24)25(28)22-9-7-6-8-10-22/h6-18H,4-5,19H2,1-3H3. The van der Waals surface area contributed by atoms with E-state index >= 15 is 0 Å². The molecule has 0 aliphatic heterocycles. The van der Waals surface area contributed by atoms with E-state index in [1.54, 1.807) is 50.2 Å². The molecule has 0 aliphatic carbocycles. The minimum absolute atomic E-state index is 0.0590. The van der Waals surface area contributed by atoms with Gasteiger partial charge in [0, 0.05) is 17.5 Å². The lowest BCUT2D eigenvalue weighted by molar-refractivity contribution is -0.160. The highest BCUT2D eigenvalue weighted by atomic mass is 16.6. The Kier molecular flexibility index (Phi) is 7.24. The quantitative estimate of drug-likeness (QED) is 0.345. The third kappa shape index (κ3) is 5.60. The van der Waals surface area contributed by atoms with Crippen molar-refractivity contribution in [2.45, 2.75) is 39.2 Å². The average Bonchev–Trinajstić information content (AvgIpc) is 2.80. The van der Waals surface area contributed by atoms with E-state index < -0.39 is 11.6 Å². The van der Waals surface area contributed by atoms with Crippen LogP contribution in [0.15, 0.2) is 78.9 Å². The van der Waals surface area contributed by atoms with Crippen LogP contribution in [0.2, 0.25) is 0 Å². The van der Waals surface area contributed by atoms with Crippen LogP contribution in [-0.2, 0) is 22.4 Å². The van der Waals surface area contributed by atoms with Crippen LogP contribution >= 0.6 is 0 Å². The van der Waals surface area contributed by atoms with E-state index in [1.807, 2.05) is 30.3 Å². The topological polar surface area (TPSA) is 52.6 Å². The number of esters is 1. The van der Waals surface area contributed by atoms with Crippen molar-refractivity contribution in [1.82, 2.24) is 0 Å². The van der Waals surface area contributed by atoms with Crippen molar-refractivity contribution < 1.29 is 19.1 Å². The Balaban J connectivity index is 1.80. The molecule has 0 aliphatic rings. The number of benzene rings is 3. The van der Waals surface area contributed by atoms with Gasteiger partial charge in [-0.3, -0.25) is 4.79 Å². The maximum Gasteiger partial charge on any atom is 0.350 e. The molecular formula is C27H28O4. The van der Waals surface area contributed by atoms with Gasteiger partial charge >= 0.3 is 5.97 Å². The Labute approximate surface area is 183 Å². The maximum absolute atomic E-state index is 12.8. The van der Waals surface area contributed by atoms with Crippen molar-refractivity contribution in [3.63, 3.8) is 0 Å². The molecule has 0 radical (unpaired) electrons. The Morgan fingerprint density at radius 1 is 0.774 bits per heavy atom. The number of hydrogen-bond acceptors (Lipinski definition) is 4. The van der Waals surface area contributed by atoms with Crippen LogP contribution in [0.5, 0.6) is 5.75 Å². The summed E-state index contributed by atoms with van der Waals surface area (Å²) >= 11 is 0. The Bertz CT molecular complexity index is 1010. The number of carbonyl (C=O) groups is 2. The fraction of sp³-hybridized carbons (Fsp3) is 0.259. The minimum atomic E-state index is -1.19. The van der Waals surface area contributed by atoms with Crippen LogP contribution in [0.3, 0.4) is 0 Å². The number of ether oxygens (including phenoxy) is 2. The third-order valence-corrected chi connectivity index (χ3v) is 5.18. The smallest absolute Gasteiger partial charge is 0.350 e. The molecule has 0 fully saturated rings. The zero-order chi connectivity index (χ0) is 22.3. The molecule has 4 heteroatoms. The number of aryl methyl sites for hydroxylation is 1. The molecule has 31 heavy (non-hydrogen) atoms. The molecule has 3 aromatic carbocycles. The Hall–Kier alpha value is -3.40. The highest BCUT2D eigenvalue weighted by Gasteiger charge is 2.37. The molecule has 1 atom stereocenters. The van der Waals surface area contributed by atoms with Gasteiger partial charge in [-0.1, -0.05) is 61.5 Å². The van der Waals surface area contributed by atoms with E-state index in [9.17, 15) is 9.59 Å². The summed E-state index contributed by atoms with van der Waals surface area (Å²) in [5.74, 6) is 0.0284. The van der Waals surface area contributed by atoms with Crippen molar-refractivity contribution >= 4 is 11.8 Å². The van der Waals surface area contributed by atoms with Gasteiger partial charge in [0.15, 0.2) is 5.78 Å². The highest BCUT2D eigenvalue weighted by Crippen LogP contribution is 2.25. The average molecular weight is 417 g/mol. The van der Waals surface area contributed by atoms with E-state index in [0.29, 0.717) is 23.3 Å². The first-order valence-corrected chi connectivity index (χ1v) is 10.6. The largest absolute Gasteiger partial charge is 0.476 e. The summed E-state index contributed by atoms with van der Waals surface area (Å²) in [6.45, 7) is 5.89. The van der Waals surface area contributed by atoms with E-state index in [0.717, 1.165) is 12.0 Å². The Morgan fingerprint density at radius 3 is 1.94 bits per heavy atom. The second-order valence-electron chi connectivity index (χ2n) is 7.62. The molecule has 4 nitrogen and oxygen atoms in total. The van der Waals surface area contributed by atoms with E-state index in [-0.39, 0.29) is 12.4 Å². The fourth-order valence-electron chi connectivity index (χ4n) is 3.41. The monoisotopic (exact) mass is 416 g/mol. The lowest BCUT2D eigenvalue weighted by Gasteiger charge is -2.28. The van der Waals surface area contributed by atoms with E-state index in [1.165, 1.54) is 5.56 Å². The molecule has 3 rings (SSSR count). The number of carbonyl (C=O) groups excluding carboxylic acids is 2. The highest BCUT2D eigenvalue weighted by molar-refractivity contribution is 6.09. The summed E-state index contributed by atoms with van der Waals surface area (Å²) in [4.78, 5) is 25.4. The van der Waals surface area contributed by atoms with Gasteiger partial charge in [-0.2, -0.15) is 0 Å². The van der Waals surface area contributed by atoms with Crippen molar-refractivity contribution in [3.05, 3.63) is 101 Å². The zero-order valence-electron chi connectivity index (χ0n) is 18.3. The normalized spacial score (nSPS) is 12.6. The summed E-state index contributed by atoms with van der Waals surface area (Å²) in [6.07, 6.45) is 1.33. The summed E-state index contributed by atoms with van der Waals surface area (Å²) < 4.78 is 11.4. The van der Waals surface area contributed by atoms with Gasteiger partial charge in [-0.15, -0.1) is 0 Å². The zero-order valence-corrected chi connectivity index (χ0v) is 18.3. The van der Waals surface area contributed by atoms with Crippen molar-refractivity contribution in [3.8, 4) is 5.75 Å². The summed E-state index contributed by atoms with van der Waals surface area (Å²) in [5, 5.41) is 0. The van der Waals surface area contributed by atoms with E-state index in [4.69, 9.17) is 9.47 Å². The molecule has 1 unspecified atom stereocenters. The van der Waals surface area contributed by atoms with Crippen LogP contribution in [0, 0.1) is 0 Å². The second-order valence-corrected chi connectivity index (χ2v) is 7.62. The molecule has 0 heterocycles. The molecule has 0 amide bonds. The number of ketones is 1. The molecule has 160 valence electrons. The van der Waals surface area contributed by atoms with E-state index in [2.05, 4.69) is 19.1 Å². The first-order valence-electron chi connectivity index (χ1n) is 10.6. The second kappa shape index (κ2) is 10.1.